The normalized spacial score (nSPS) is 11.4. The lowest BCUT2D eigenvalue weighted by atomic mass is 10.2. The Bertz CT molecular complexity index is 1100. The molecule has 0 fully saturated rings. The molecule has 0 aliphatic carbocycles. The van der Waals surface area contributed by atoms with Crippen LogP contribution in [0.3, 0.4) is 0 Å². The van der Waals surface area contributed by atoms with Crippen molar-refractivity contribution < 1.29 is 9.53 Å². The zero-order valence-electron chi connectivity index (χ0n) is 18.2. The average Bonchev–Trinajstić information content (AvgIpc) is 2.99. The van der Waals surface area contributed by atoms with Gasteiger partial charge in [0, 0.05) is 17.0 Å². The third kappa shape index (κ3) is 5.77. The van der Waals surface area contributed by atoms with E-state index in [9.17, 15) is 4.79 Å². The summed E-state index contributed by atoms with van der Waals surface area (Å²) in [5.74, 6) is 6.71. The molecule has 4 N–H and O–H groups in total. The SMILES string of the molecule is C=C(CNC(=C)c1ccccc1)NN.Cc1ccc2c(c1)N(C=O)Cc1ccccc1O2. The van der Waals surface area contributed by atoms with E-state index < -0.39 is 0 Å². The summed E-state index contributed by atoms with van der Waals surface area (Å²) < 4.78 is 5.89. The van der Waals surface area contributed by atoms with E-state index in [0.717, 1.165) is 51.7 Å². The summed E-state index contributed by atoms with van der Waals surface area (Å²) in [5, 5.41) is 3.11. The van der Waals surface area contributed by atoms with Gasteiger partial charge in [-0.1, -0.05) is 67.8 Å². The number of fused-ring (bicyclic) bond motifs is 2. The zero-order chi connectivity index (χ0) is 22.9. The lowest BCUT2D eigenvalue weighted by Crippen LogP contribution is -2.28. The highest BCUT2D eigenvalue weighted by molar-refractivity contribution is 5.80. The minimum atomic E-state index is 0.538. The number of hydrogen-bond donors (Lipinski definition) is 3. The fraction of sp³-hybridized carbons (Fsp3) is 0.115. The molecule has 6 nitrogen and oxygen atoms in total. The quantitative estimate of drug-likeness (QED) is 0.306. The minimum absolute atomic E-state index is 0.538. The Hall–Kier alpha value is -4.03. The number of aryl methyl sites for hydroxylation is 1. The van der Waals surface area contributed by atoms with Gasteiger partial charge in [-0.2, -0.15) is 0 Å². The van der Waals surface area contributed by atoms with Crippen molar-refractivity contribution >= 4 is 17.8 Å². The highest BCUT2D eigenvalue weighted by Gasteiger charge is 2.19. The van der Waals surface area contributed by atoms with E-state index in [1.165, 1.54) is 0 Å². The topological polar surface area (TPSA) is 79.6 Å². The van der Waals surface area contributed by atoms with Crippen LogP contribution in [0.5, 0.6) is 11.5 Å². The van der Waals surface area contributed by atoms with Crippen molar-refractivity contribution in [3.8, 4) is 11.5 Å². The first kappa shape index (κ1) is 22.7. The number of ether oxygens (including phenoxy) is 1. The lowest BCUT2D eigenvalue weighted by molar-refractivity contribution is -0.107. The fourth-order valence-electron chi connectivity index (χ4n) is 3.16. The number of benzene rings is 3. The van der Waals surface area contributed by atoms with E-state index in [1.54, 1.807) is 4.90 Å². The smallest absolute Gasteiger partial charge is 0.214 e. The molecular weight excluding hydrogens is 400 g/mol. The first-order chi connectivity index (χ1) is 15.5. The van der Waals surface area contributed by atoms with Crippen molar-refractivity contribution in [2.45, 2.75) is 13.5 Å². The molecule has 3 aromatic rings. The number of nitrogens with zero attached hydrogens (tertiary/aromatic N) is 1. The number of hydrogen-bond acceptors (Lipinski definition) is 5. The number of nitrogens with two attached hydrogens (primary N) is 1. The van der Waals surface area contributed by atoms with Crippen LogP contribution in [-0.2, 0) is 11.3 Å². The maximum Gasteiger partial charge on any atom is 0.214 e. The Kier molecular flexibility index (Phi) is 7.67. The lowest BCUT2D eigenvalue weighted by Gasteiger charge is -2.16. The molecule has 3 aromatic carbocycles. The van der Waals surface area contributed by atoms with E-state index >= 15 is 0 Å². The summed E-state index contributed by atoms with van der Waals surface area (Å²) >= 11 is 0. The van der Waals surface area contributed by atoms with Crippen molar-refractivity contribution in [1.82, 2.24) is 10.7 Å². The first-order valence-corrected chi connectivity index (χ1v) is 10.2. The van der Waals surface area contributed by atoms with Gasteiger partial charge < -0.3 is 20.4 Å². The first-order valence-electron chi connectivity index (χ1n) is 10.2. The molecule has 1 amide bonds. The van der Waals surface area contributed by atoms with Crippen LogP contribution < -0.4 is 26.2 Å². The predicted molar refractivity (Wildman–Crippen MR) is 130 cm³/mol. The van der Waals surface area contributed by atoms with E-state index in [0.29, 0.717) is 13.1 Å². The fourth-order valence-corrected chi connectivity index (χ4v) is 3.16. The summed E-state index contributed by atoms with van der Waals surface area (Å²) in [6.07, 6.45) is 0.851. The van der Waals surface area contributed by atoms with Crippen LogP contribution in [0, 0.1) is 6.92 Å². The summed E-state index contributed by atoms with van der Waals surface area (Å²) in [6, 6.07) is 23.5. The highest BCUT2D eigenvalue weighted by Crippen LogP contribution is 2.38. The summed E-state index contributed by atoms with van der Waals surface area (Å²) in [5.41, 5.74) is 8.07. The van der Waals surface area contributed by atoms with Gasteiger partial charge in [0.15, 0.2) is 5.75 Å². The van der Waals surface area contributed by atoms with Crippen molar-refractivity contribution in [3.05, 3.63) is 108 Å². The Labute approximate surface area is 189 Å². The maximum atomic E-state index is 11.3. The Balaban J connectivity index is 0.000000188. The van der Waals surface area contributed by atoms with Crippen LogP contribution in [-0.4, -0.2) is 13.0 Å². The number of carbonyl (C=O) groups is 1. The second-order valence-electron chi connectivity index (χ2n) is 7.36. The van der Waals surface area contributed by atoms with Crippen LogP contribution in [0.15, 0.2) is 91.7 Å². The van der Waals surface area contributed by atoms with E-state index in [-0.39, 0.29) is 0 Å². The molecule has 32 heavy (non-hydrogen) atoms. The average molecular weight is 429 g/mol. The van der Waals surface area contributed by atoms with Gasteiger partial charge in [-0.05, 0) is 36.2 Å². The molecular formula is C26H28N4O2. The molecule has 1 aliphatic heterocycles. The molecule has 0 saturated heterocycles. The van der Waals surface area contributed by atoms with Gasteiger partial charge in [0.1, 0.15) is 5.75 Å². The molecule has 0 aromatic heterocycles. The van der Waals surface area contributed by atoms with Crippen LogP contribution >= 0.6 is 0 Å². The third-order valence-corrected chi connectivity index (χ3v) is 4.93. The molecule has 164 valence electrons. The molecule has 1 aliphatic rings. The van der Waals surface area contributed by atoms with E-state index in [2.05, 4.69) is 23.9 Å². The number of rotatable bonds is 6. The van der Waals surface area contributed by atoms with Gasteiger partial charge in [0.2, 0.25) is 6.41 Å². The van der Waals surface area contributed by atoms with Crippen molar-refractivity contribution in [2.24, 2.45) is 5.84 Å². The summed E-state index contributed by atoms with van der Waals surface area (Å²) in [6.45, 7) is 10.7. The predicted octanol–water partition coefficient (Wildman–Crippen LogP) is 4.49. The Morgan fingerprint density at radius 1 is 1.06 bits per heavy atom. The molecule has 6 heteroatoms. The van der Waals surface area contributed by atoms with Gasteiger partial charge in [-0.15, -0.1) is 0 Å². The van der Waals surface area contributed by atoms with Crippen LogP contribution in [0.2, 0.25) is 0 Å². The summed E-state index contributed by atoms with van der Waals surface area (Å²) in [7, 11) is 0. The number of amides is 1. The highest BCUT2D eigenvalue weighted by atomic mass is 16.5. The van der Waals surface area contributed by atoms with Crippen molar-refractivity contribution in [1.29, 1.82) is 0 Å². The van der Waals surface area contributed by atoms with Gasteiger partial charge in [-0.3, -0.25) is 10.6 Å². The van der Waals surface area contributed by atoms with E-state index in [4.69, 9.17) is 10.6 Å². The zero-order valence-corrected chi connectivity index (χ0v) is 18.2. The standard InChI is InChI=1S/C15H13NO2.C11H15N3/c1-11-6-7-15-13(8-11)16(10-17)9-12-4-2-3-5-14(12)18-15;1-9(14-12)8-13-10(2)11-6-4-3-5-7-11/h2-8,10H,9H2,1H3;3-7,13-14H,1-2,8,12H2. The number of hydrazine groups is 1. The Morgan fingerprint density at radius 2 is 1.78 bits per heavy atom. The number of anilines is 1. The molecule has 0 radical (unpaired) electrons. The van der Waals surface area contributed by atoms with Gasteiger partial charge in [0.25, 0.3) is 0 Å². The largest absolute Gasteiger partial charge is 0.455 e. The van der Waals surface area contributed by atoms with E-state index in [1.807, 2.05) is 79.7 Å². The van der Waals surface area contributed by atoms with Crippen molar-refractivity contribution in [3.63, 3.8) is 0 Å². The summed E-state index contributed by atoms with van der Waals surface area (Å²) in [4.78, 5) is 12.9. The molecule has 1 heterocycles. The third-order valence-electron chi connectivity index (χ3n) is 4.93. The van der Waals surface area contributed by atoms with Crippen LogP contribution in [0.4, 0.5) is 5.69 Å². The molecule has 0 saturated carbocycles. The van der Waals surface area contributed by atoms with Crippen molar-refractivity contribution in [2.75, 3.05) is 11.4 Å². The number of para-hydroxylation sites is 1. The second-order valence-corrected chi connectivity index (χ2v) is 7.36. The monoisotopic (exact) mass is 428 g/mol. The minimum Gasteiger partial charge on any atom is -0.455 e. The molecule has 0 spiro atoms. The number of nitrogens with one attached hydrogen (secondary N) is 2. The molecule has 0 atom stereocenters. The molecule has 4 rings (SSSR count). The number of carbonyl (C=O) groups excluding carboxylic acids is 1. The van der Waals surface area contributed by atoms with Gasteiger partial charge in [-0.25, -0.2) is 0 Å². The van der Waals surface area contributed by atoms with Gasteiger partial charge >= 0.3 is 0 Å². The maximum absolute atomic E-state index is 11.3. The molecule has 0 unspecified atom stereocenters. The second kappa shape index (κ2) is 10.8. The van der Waals surface area contributed by atoms with Gasteiger partial charge in [0.05, 0.1) is 18.8 Å². The van der Waals surface area contributed by atoms with Crippen LogP contribution in [0.25, 0.3) is 5.70 Å². The Morgan fingerprint density at radius 3 is 2.50 bits per heavy atom. The molecule has 0 bridgehead atoms. The van der Waals surface area contributed by atoms with Crippen LogP contribution in [0.1, 0.15) is 16.7 Å².